The summed E-state index contributed by atoms with van der Waals surface area (Å²) in [6, 6.07) is 3.02. The predicted octanol–water partition coefficient (Wildman–Crippen LogP) is 2.03. The number of carboxylic acids is 1. The van der Waals surface area contributed by atoms with E-state index in [1.807, 2.05) is 10.8 Å². The predicted molar refractivity (Wildman–Crippen MR) is 82.6 cm³/mol. The zero-order valence-corrected chi connectivity index (χ0v) is 12.4. The number of hydrogen-bond donors (Lipinski definition) is 2. The molecule has 0 saturated heterocycles. The van der Waals surface area contributed by atoms with Crippen LogP contribution in [0.25, 0.3) is 11.4 Å². The minimum absolute atomic E-state index is 0.223. The summed E-state index contributed by atoms with van der Waals surface area (Å²) in [4.78, 5) is 19.5. The number of aromatic nitrogens is 3. The van der Waals surface area contributed by atoms with E-state index < -0.39 is 5.97 Å². The SMILES string of the molecule is O=C(O)c1ccnc(-c2cn(CCNCCC3CC3)cn2)c1. The van der Waals surface area contributed by atoms with E-state index in [1.165, 1.54) is 31.5 Å². The van der Waals surface area contributed by atoms with Gasteiger partial charge in [0.2, 0.25) is 0 Å². The summed E-state index contributed by atoms with van der Waals surface area (Å²) in [5, 5.41) is 12.4. The summed E-state index contributed by atoms with van der Waals surface area (Å²) in [7, 11) is 0. The first-order valence-corrected chi connectivity index (χ1v) is 7.64. The molecule has 2 N–H and O–H groups in total. The molecule has 2 heterocycles. The lowest BCUT2D eigenvalue weighted by molar-refractivity contribution is 0.0697. The lowest BCUT2D eigenvalue weighted by Crippen LogP contribution is -2.20. The summed E-state index contributed by atoms with van der Waals surface area (Å²) in [5.74, 6) is 0.00267. The third kappa shape index (κ3) is 3.92. The molecule has 0 unspecified atom stereocenters. The second kappa shape index (κ2) is 6.70. The van der Waals surface area contributed by atoms with Crippen LogP contribution in [0.5, 0.6) is 0 Å². The molecule has 2 aromatic rings. The van der Waals surface area contributed by atoms with Crippen LogP contribution in [0.1, 0.15) is 29.6 Å². The average Bonchev–Trinajstić information content (AvgIpc) is 3.23. The van der Waals surface area contributed by atoms with Crippen LogP contribution in [0.4, 0.5) is 0 Å². The van der Waals surface area contributed by atoms with E-state index in [0.717, 1.165) is 25.6 Å². The molecule has 2 aromatic heterocycles. The summed E-state index contributed by atoms with van der Waals surface area (Å²) in [5.41, 5.74) is 1.50. The second-order valence-electron chi connectivity index (χ2n) is 5.71. The van der Waals surface area contributed by atoms with Crippen molar-refractivity contribution in [3.63, 3.8) is 0 Å². The number of nitrogens with one attached hydrogen (secondary N) is 1. The van der Waals surface area contributed by atoms with Crippen LogP contribution in [0.3, 0.4) is 0 Å². The standard InChI is InChI=1S/C16H20N4O2/c21-16(22)13-4-6-18-14(9-13)15-10-20(11-19-15)8-7-17-5-3-12-1-2-12/h4,6,9-12,17H,1-3,5,7-8H2,(H,21,22). The van der Waals surface area contributed by atoms with Crippen LogP contribution in [0.2, 0.25) is 0 Å². The highest BCUT2D eigenvalue weighted by molar-refractivity contribution is 5.88. The Kier molecular flexibility index (Phi) is 4.48. The fourth-order valence-corrected chi connectivity index (χ4v) is 2.36. The molecule has 22 heavy (non-hydrogen) atoms. The number of hydrogen-bond acceptors (Lipinski definition) is 4. The van der Waals surface area contributed by atoms with Crippen molar-refractivity contribution in [3.05, 3.63) is 36.4 Å². The van der Waals surface area contributed by atoms with Gasteiger partial charge in [-0.1, -0.05) is 12.8 Å². The van der Waals surface area contributed by atoms with E-state index in [-0.39, 0.29) is 5.56 Å². The fraction of sp³-hybridized carbons (Fsp3) is 0.438. The Morgan fingerprint density at radius 2 is 2.18 bits per heavy atom. The van der Waals surface area contributed by atoms with Gasteiger partial charge in [0.05, 0.1) is 17.6 Å². The summed E-state index contributed by atoms with van der Waals surface area (Å²) < 4.78 is 1.99. The monoisotopic (exact) mass is 300 g/mol. The Morgan fingerprint density at radius 3 is 2.95 bits per heavy atom. The lowest BCUT2D eigenvalue weighted by Gasteiger charge is -2.04. The van der Waals surface area contributed by atoms with Gasteiger partial charge in [0.25, 0.3) is 0 Å². The molecule has 1 fully saturated rings. The first-order chi connectivity index (χ1) is 10.7. The maximum atomic E-state index is 11.0. The maximum Gasteiger partial charge on any atom is 0.335 e. The number of rotatable bonds is 8. The number of aromatic carboxylic acids is 1. The Bertz CT molecular complexity index is 649. The molecular formula is C16H20N4O2. The van der Waals surface area contributed by atoms with Gasteiger partial charge in [0, 0.05) is 25.5 Å². The van der Waals surface area contributed by atoms with Crippen molar-refractivity contribution in [2.24, 2.45) is 5.92 Å². The van der Waals surface area contributed by atoms with Crippen LogP contribution in [0, 0.1) is 5.92 Å². The molecule has 0 bridgehead atoms. The summed E-state index contributed by atoms with van der Waals surface area (Å²) in [6.07, 6.45) is 9.23. The Labute approximate surface area is 129 Å². The third-order valence-corrected chi connectivity index (χ3v) is 3.88. The molecule has 1 aliphatic rings. The lowest BCUT2D eigenvalue weighted by atomic mass is 10.2. The van der Waals surface area contributed by atoms with Crippen LogP contribution in [-0.2, 0) is 6.54 Å². The molecule has 116 valence electrons. The average molecular weight is 300 g/mol. The number of carboxylic acid groups (broad SMARTS) is 1. The fourth-order valence-electron chi connectivity index (χ4n) is 2.36. The summed E-state index contributed by atoms with van der Waals surface area (Å²) in [6.45, 7) is 2.83. The van der Waals surface area contributed by atoms with E-state index in [1.54, 1.807) is 12.4 Å². The Hall–Kier alpha value is -2.21. The zero-order chi connectivity index (χ0) is 15.4. The largest absolute Gasteiger partial charge is 0.478 e. The number of pyridine rings is 1. The van der Waals surface area contributed by atoms with Crippen LogP contribution >= 0.6 is 0 Å². The van der Waals surface area contributed by atoms with Gasteiger partial charge >= 0.3 is 5.97 Å². The van der Waals surface area contributed by atoms with E-state index in [4.69, 9.17) is 5.11 Å². The minimum atomic E-state index is -0.956. The van der Waals surface area contributed by atoms with Crippen molar-refractivity contribution >= 4 is 5.97 Å². The quantitative estimate of drug-likeness (QED) is 0.729. The molecule has 0 radical (unpaired) electrons. The van der Waals surface area contributed by atoms with Gasteiger partial charge in [-0.2, -0.15) is 0 Å². The second-order valence-corrected chi connectivity index (χ2v) is 5.71. The highest BCUT2D eigenvalue weighted by atomic mass is 16.4. The van der Waals surface area contributed by atoms with Crippen molar-refractivity contribution in [1.29, 1.82) is 0 Å². The van der Waals surface area contributed by atoms with Crippen molar-refractivity contribution in [1.82, 2.24) is 19.9 Å². The molecule has 0 aliphatic heterocycles. The topological polar surface area (TPSA) is 80.0 Å². The highest BCUT2D eigenvalue weighted by Gasteiger charge is 2.19. The molecule has 0 atom stereocenters. The van der Waals surface area contributed by atoms with Crippen molar-refractivity contribution in [3.8, 4) is 11.4 Å². The van der Waals surface area contributed by atoms with Gasteiger partial charge < -0.3 is 15.0 Å². The Balaban J connectivity index is 1.53. The van der Waals surface area contributed by atoms with Crippen LogP contribution in [-0.4, -0.2) is 38.7 Å². The highest BCUT2D eigenvalue weighted by Crippen LogP contribution is 2.31. The molecular weight excluding hydrogens is 280 g/mol. The van der Waals surface area contributed by atoms with Crippen molar-refractivity contribution in [2.45, 2.75) is 25.8 Å². The van der Waals surface area contributed by atoms with E-state index in [9.17, 15) is 4.79 Å². The third-order valence-electron chi connectivity index (χ3n) is 3.88. The van der Waals surface area contributed by atoms with Crippen molar-refractivity contribution in [2.75, 3.05) is 13.1 Å². The molecule has 1 aliphatic carbocycles. The Morgan fingerprint density at radius 1 is 1.32 bits per heavy atom. The molecule has 0 amide bonds. The minimum Gasteiger partial charge on any atom is -0.478 e. The number of imidazole rings is 1. The van der Waals surface area contributed by atoms with Gasteiger partial charge in [0.15, 0.2) is 0 Å². The first kappa shape index (κ1) is 14.7. The normalized spacial score (nSPS) is 14.2. The number of nitrogens with zero attached hydrogens (tertiary/aromatic N) is 3. The van der Waals surface area contributed by atoms with Gasteiger partial charge in [0.1, 0.15) is 5.69 Å². The zero-order valence-electron chi connectivity index (χ0n) is 12.4. The van der Waals surface area contributed by atoms with E-state index in [0.29, 0.717) is 11.4 Å². The maximum absolute atomic E-state index is 11.0. The van der Waals surface area contributed by atoms with E-state index in [2.05, 4.69) is 15.3 Å². The number of carbonyl (C=O) groups is 1. The summed E-state index contributed by atoms with van der Waals surface area (Å²) >= 11 is 0. The van der Waals surface area contributed by atoms with Gasteiger partial charge in [-0.25, -0.2) is 9.78 Å². The molecule has 6 heteroatoms. The van der Waals surface area contributed by atoms with Crippen molar-refractivity contribution < 1.29 is 9.90 Å². The van der Waals surface area contributed by atoms with Gasteiger partial charge in [-0.15, -0.1) is 0 Å². The van der Waals surface area contributed by atoms with E-state index >= 15 is 0 Å². The molecule has 6 nitrogen and oxygen atoms in total. The molecule has 0 aromatic carbocycles. The van der Waals surface area contributed by atoms with Gasteiger partial charge in [-0.05, 0) is 31.0 Å². The first-order valence-electron chi connectivity index (χ1n) is 7.64. The smallest absolute Gasteiger partial charge is 0.335 e. The molecule has 3 rings (SSSR count). The molecule has 1 saturated carbocycles. The van der Waals surface area contributed by atoms with Gasteiger partial charge in [-0.3, -0.25) is 4.98 Å². The van der Waals surface area contributed by atoms with Crippen LogP contribution < -0.4 is 5.32 Å². The molecule has 0 spiro atoms. The van der Waals surface area contributed by atoms with Crippen LogP contribution in [0.15, 0.2) is 30.9 Å².